The minimum Gasteiger partial charge on any atom is -0.497 e. The van der Waals surface area contributed by atoms with Gasteiger partial charge in [0.2, 0.25) is 0 Å². The number of aromatic nitrogens is 3. The van der Waals surface area contributed by atoms with Gasteiger partial charge in [-0.25, -0.2) is 9.97 Å². The molecule has 5 nitrogen and oxygen atoms in total. The van der Waals surface area contributed by atoms with Gasteiger partial charge in [0.1, 0.15) is 22.1 Å². The van der Waals surface area contributed by atoms with Crippen molar-refractivity contribution in [1.82, 2.24) is 15.0 Å². The molecule has 1 N–H and O–H groups in total. The molecule has 0 fully saturated rings. The second-order valence-corrected chi connectivity index (χ2v) is 7.80. The van der Waals surface area contributed by atoms with E-state index in [1.807, 2.05) is 30.3 Å². The first-order chi connectivity index (χ1) is 13.7. The Bertz CT molecular complexity index is 1060. The summed E-state index contributed by atoms with van der Waals surface area (Å²) in [6, 6.07) is 16.2. The predicted molar refractivity (Wildman–Crippen MR) is 115 cm³/mol. The maximum atomic E-state index is 5.21. The largest absolute Gasteiger partial charge is 0.497 e. The Morgan fingerprint density at radius 1 is 1.07 bits per heavy atom. The maximum absolute atomic E-state index is 5.21. The van der Waals surface area contributed by atoms with E-state index in [4.69, 9.17) is 14.7 Å². The molecule has 3 heterocycles. The first-order valence-electron chi connectivity index (χ1n) is 9.29. The fourth-order valence-corrected chi connectivity index (χ4v) is 3.96. The number of ether oxygens (including phenoxy) is 1. The summed E-state index contributed by atoms with van der Waals surface area (Å²) in [5.74, 6) is 2.43. The van der Waals surface area contributed by atoms with Gasteiger partial charge in [-0.15, -0.1) is 11.3 Å². The van der Waals surface area contributed by atoms with Crippen LogP contribution in [-0.2, 0) is 6.42 Å². The van der Waals surface area contributed by atoms with Crippen molar-refractivity contribution in [1.29, 1.82) is 0 Å². The average Bonchev–Trinajstić information content (AvgIpc) is 3.12. The number of benzene rings is 1. The number of aryl methyl sites for hydroxylation is 2. The lowest BCUT2D eigenvalue weighted by molar-refractivity contribution is 0.414. The molecular weight excluding hydrogens is 368 g/mol. The van der Waals surface area contributed by atoms with E-state index in [2.05, 4.69) is 35.4 Å². The molecular formula is C22H22N4OS. The Labute approximate surface area is 168 Å². The molecule has 0 aliphatic carbocycles. The molecule has 0 aliphatic heterocycles. The Morgan fingerprint density at radius 3 is 2.68 bits per heavy atom. The summed E-state index contributed by atoms with van der Waals surface area (Å²) in [6.45, 7) is 2.94. The van der Waals surface area contributed by atoms with Crippen LogP contribution in [0.25, 0.3) is 21.7 Å². The van der Waals surface area contributed by atoms with Gasteiger partial charge < -0.3 is 10.1 Å². The molecule has 0 unspecified atom stereocenters. The number of nitrogens with one attached hydrogen (secondary N) is 1. The Hall–Kier alpha value is -2.99. The van der Waals surface area contributed by atoms with Crippen LogP contribution in [-0.4, -0.2) is 28.6 Å². The zero-order chi connectivity index (χ0) is 19.3. The summed E-state index contributed by atoms with van der Waals surface area (Å²) >= 11 is 1.68. The number of hydrogen-bond acceptors (Lipinski definition) is 6. The first kappa shape index (κ1) is 18.4. The highest BCUT2D eigenvalue weighted by Crippen LogP contribution is 2.30. The Morgan fingerprint density at radius 2 is 1.93 bits per heavy atom. The summed E-state index contributed by atoms with van der Waals surface area (Å²) < 4.78 is 5.21. The summed E-state index contributed by atoms with van der Waals surface area (Å²) in [5, 5.41) is 4.58. The molecule has 0 atom stereocenters. The van der Waals surface area contributed by atoms with E-state index in [-0.39, 0.29) is 0 Å². The molecule has 0 amide bonds. The molecule has 1 aromatic carbocycles. The number of anilines is 1. The lowest BCUT2D eigenvalue weighted by Gasteiger charge is -2.09. The van der Waals surface area contributed by atoms with Crippen LogP contribution in [0.15, 0.2) is 54.7 Å². The second kappa shape index (κ2) is 8.35. The normalized spacial score (nSPS) is 10.9. The molecule has 0 saturated carbocycles. The number of thiophene rings is 1. The number of fused-ring (bicyclic) bond motifs is 1. The van der Waals surface area contributed by atoms with Gasteiger partial charge in [0.05, 0.1) is 12.5 Å². The highest BCUT2D eigenvalue weighted by atomic mass is 32.1. The van der Waals surface area contributed by atoms with E-state index in [0.717, 1.165) is 46.9 Å². The van der Waals surface area contributed by atoms with Crippen LogP contribution in [0.3, 0.4) is 0 Å². The second-order valence-electron chi connectivity index (χ2n) is 6.57. The van der Waals surface area contributed by atoms with Crippen molar-refractivity contribution in [2.45, 2.75) is 19.8 Å². The number of methoxy groups -OCH3 is 1. The van der Waals surface area contributed by atoms with Crippen molar-refractivity contribution < 1.29 is 4.74 Å². The van der Waals surface area contributed by atoms with Crippen molar-refractivity contribution >= 4 is 27.4 Å². The SMILES string of the molecule is COc1ccc(CCCNc2nc(-c3ccccn3)nc3sc(C)cc23)cc1. The Kier molecular flexibility index (Phi) is 5.48. The van der Waals surface area contributed by atoms with E-state index in [1.165, 1.54) is 10.4 Å². The zero-order valence-electron chi connectivity index (χ0n) is 16.0. The third-order valence-corrected chi connectivity index (χ3v) is 5.45. The molecule has 4 rings (SSSR count). The predicted octanol–water partition coefficient (Wildman–Crippen LogP) is 5.12. The molecule has 0 saturated heterocycles. The molecule has 6 heteroatoms. The molecule has 0 spiro atoms. The number of nitrogens with zero attached hydrogens (tertiary/aromatic N) is 3. The van der Waals surface area contributed by atoms with E-state index in [0.29, 0.717) is 5.82 Å². The summed E-state index contributed by atoms with van der Waals surface area (Å²) in [4.78, 5) is 16.1. The molecule has 142 valence electrons. The van der Waals surface area contributed by atoms with Gasteiger partial charge in [0.15, 0.2) is 5.82 Å². The minimum atomic E-state index is 0.660. The maximum Gasteiger partial charge on any atom is 0.181 e. The standard InChI is InChI=1S/C22H22N4OS/c1-15-14-18-20(24-13-5-6-16-8-10-17(27-2)11-9-16)25-21(26-22(18)28-15)19-7-3-4-12-23-19/h3-4,7-12,14H,5-6,13H2,1-2H3,(H,24,25,26). The van der Waals surface area contributed by atoms with Crippen LogP contribution in [0.4, 0.5) is 5.82 Å². The Balaban J connectivity index is 1.49. The quantitative estimate of drug-likeness (QED) is 0.444. The van der Waals surface area contributed by atoms with Crippen molar-refractivity contribution in [3.05, 3.63) is 65.2 Å². The lowest BCUT2D eigenvalue weighted by atomic mass is 10.1. The molecule has 4 aromatic rings. The van der Waals surface area contributed by atoms with Gasteiger partial charge in [0.25, 0.3) is 0 Å². The topological polar surface area (TPSA) is 59.9 Å². The highest BCUT2D eigenvalue weighted by molar-refractivity contribution is 7.18. The van der Waals surface area contributed by atoms with E-state index in [9.17, 15) is 0 Å². The van der Waals surface area contributed by atoms with Crippen LogP contribution in [0.5, 0.6) is 5.75 Å². The molecule has 0 radical (unpaired) electrons. The van der Waals surface area contributed by atoms with Gasteiger partial charge >= 0.3 is 0 Å². The van der Waals surface area contributed by atoms with Crippen LogP contribution >= 0.6 is 11.3 Å². The van der Waals surface area contributed by atoms with Crippen molar-refractivity contribution in [2.75, 3.05) is 19.0 Å². The van der Waals surface area contributed by atoms with Gasteiger partial charge in [-0.3, -0.25) is 4.98 Å². The molecule has 28 heavy (non-hydrogen) atoms. The van der Waals surface area contributed by atoms with Gasteiger partial charge in [0, 0.05) is 17.6 Å². The van der Waals surface area contributed by atoms with Crippen molar-refractivity contribution in [2.24, 2.45) is 0 Å². The fourth-order valence-electron chi connectivity index (χ4n) is 3.08. The molecule has 0 aliphatic rings. The smallest absolute Gasteiger partial charge is 0.181 e. The van der Waals surface area contributed by atoms with Crippen molar-refractivity contribution in [3.8, 4) is 17.3 Å². The fraction of sp³-hybridized carbons (Fsp3) is 0.227. The highest BCUT2D eigenvalue weighted by Gasteiger charge is 2.12. The summed E-state index contributed by atoms with van der Waals surface area (Å²) in [6.07, 6.45) is 3.78. The van der Waals surface area contributed by atoms with Gasteiger partial charge in [-0.05, 0) is 55.7 Å². The van der Waals surface area contributed by atoms with Gasteiger partial charge in [-0.2, -0.15) is 0 Å². The summed E-state index contributed by atoms with van der Waals surface area (Å²) in [7, 11) is 1.69. The van der Waals surface area contributed by atoms with Crippen LogP contribution in [0, 0.1) is 6.92 Å². The minimum absolute atomic E-state index is 0.660. The van der Waals surface area contributed by atoms with Crippen LogP contribution in [0.2, 0.25) is 0 Å². The van der Waals surface area contributed by atoms with Crippen molar-refractivity contribution in [3.63, 3.8) is 0 Å². The van der Waals surface area contributed by atoms with E-state index >= 15 is 0 Å². The van der Waals surface area contributed by atoms with E-state index < -0.39 is 0 Å². The van der Waals surface area contributed by atoms with Crippen LogP contribution < -0.4 is 10.1 Å². The number of pyridine rings is 1. The van der Waals surface area contributed by atoms with E-state index in [1.54, 1.807) is 24.6 Å². The zero-order valence-corrected chi connectivity index (χ0v) is 16.8. The summed E-state index contributed by atoms with van der Waals surface area (Å²) in [5.41, 5.74) is 2.09. The molecule has 0 bridgehead atoms. The van der Waals surface area contributed by atoms with Crippen LogP contribution in [0.1, 0.15) is 16.9 Å². The first-order valence-corrected chi connectivity index (χ1v) is 10.1. The van der Waals surface area contributed by atoms with Gasteiger partial charge in [-0.1, -0.05) is 18.2 Å². The monoisotopic (exact) mass is 390 g/mol. The third kappa shape index (κ3) is 4.12. The number of rotatable bonds is 7. The molecule has 3 aromatic heterocycles. The average molecular weight is 391 g/mol. The number of hydrogen-bond donors (Lipinski definition) is 1. The third-order valence-electron chi connectivity index (χ3n) is 4.50. The lowest BCUT2D eigenvalue weighted by Crippen LogP contribution is -2.06.